The molecule has 1 amide bonds. The molecule has 1 aliphatic rings. The van der Waals surface area contributed by atoms with Gasteiger partial charge in [0.05, 0.1) is 12.8 Å². The van der Waals surface area contributed by atoms with Crippen LogP contribution in [-0.2, 0) is 10.4 Å². The van der Waals surface area contributed by atoms with Crippen molar-refractivity contribution in [3.05, 3.63) is 24.2 Å². The van der Waals surface area contributed by atoms with E-state index in [9.17, 15) is 9.90 Å². The minimum atomic E-state index is -1.16. The van der Waals surface area contributed by atoms with Gasteiger partial charge in [0.1, 0.15) is 17.9 Å². The third kappa shape index (κ3) is 6.85. The van der Waals surface area contributed by atoms with Crippen LogP contribution >= 0.6 is 24.0 Å². The van der Waals surface area contributed by atoms with Gasteiger partial charge in [-0.15, -0.1) is 24.0 Å². The number of hydrogen-bond donors (Lipinski definition) is 3. The fraction of sp³-hybridized carbons (Fsp3) is 0.647. The van der Waals surface area contributed by atoms with E-state index in [1.807, 2.05) is 11.8 Å². The first kappa shape index (κ1) is 21.8. The van der Waals surface area contributed by atoms with Crippen LogP contribution in [0.25, 0.3) is 0 Å². The van der Waals surface area contributed by atoms with Crippen LogP contribution in [0.1, 0.15) is 38.9 Å². The van der Waals surface area contributed by atoms with Gasteiger partial charge in [-0.3, -0.25) is 4.79 Å². The Kier molecular flexibility index (Phi) is 9.26. The molecule has 0 saturated carbocycles. The highest BCUT2D eigenvalue weighted by atomic mass is 127. The second-order valence-electron chi connectivity index (χ2n) is 6.24. The maximum absolute atomic E-state index is 12.2. The Morgan fingerprint density at radius 2 is 2.08 bits per heavy atom. The molecule has 1 atom stereocenters. The summed E-state index contributed by atoms with van der Waals surface area (Å²) in [6, 6.07) is 3.46. The van der Waals surface area contributed by atoms with Crippen LogP contribution in [0.5, 0.6) is 0 Å². The number of rotatable bonds is 6. The number of guanidine groups is 1. The van der Waals surface area contributed by atoms with Gasteiger partial charge in [-0.2, -0.15) is 0 Å². The van der Waals surface area contributed by atoms with E-state index in [4.69, 9.17) is 4.42 Å². The summed E-state index contributed by atoms with van der Waals surface area (Å²) in [7, 11) is 0. The third-order valence-electron chi connectivity index (χ3n) is 4.08. The summed E-state index contributed by atoms with van der Waals surface area (Å²) in [6.07, 6.45) is 4.86. The van der Waals surface area contributed by atoms with Crippen LogP contribution < -0.4 is 10.6 Å². The number of halogens is 1. The molecule has 0 bridgehead atoms. The van der Waals surface area contributed by atoms with Crippen molar-refractivity contribution in [3.63, 3.8) is 0 Å². The molecular formula is C17H29IN4O3. The van der Waals surface area contributed by atoms with Gasteiger partial charge in [0.2, 0.25) is 5.91 Å². The van der Waals surface area contributed by atoms with Gasteiger partial charge in [0.15, 0.2) is 5.96 Å². The number of nitrogens with one attached hydrogen (secondary N) is 2. The quantitative estimate of drug-likeness (QED) is 0.339. The van der Waals surface area contributed by atoms with Crippen molar-refractivity contribution in [2.24, 2.45) is 4.99 Å². The molecule has 1 unspecified atom stereocenters. The van der Waals surface area contributed by atoms with Crippen LogP contribution in [0.2, 0.25) is 0 Å². The predicted molar refractivity (Wildman–Crippen MR) is 108 cm³/mol. The Balaban J connectivity index is 0.00000312. The molecule has 0 aliphatic carbocycles. The van der Waals surface area contributed by atoms with Crippen LogP contribution in [0.15, 0.2) is 27.8 Å². The summed E-state index contributed by atoms with van der Waals surface area (Å²) < 4.78 is 5.26. The van der Waals surface area contributed by atoms with E-state index in [1.165, 1.54) is 12.7 Å². The second kappa shape index (κ2) is 10.6. The lowest BCUT2D eigenvalue weighted by Gasteiger charge is -2.26. The minimum Gasteiger partial charge on any atom is -0.466 e. The summed E-state index contributed by atoms with van der Waals surface area (Å²) >= 11 is 0. The van der Waals surface area contributed by atoms with Gasteiger partial charge < -0.3 is 25.1 Å². The molecule has 8 heteroatoms. The SMILES string of the molecule is CCNC(=NCC(=O)N1CCCCC1)NCC(C)(O)c1ccco1.I. The maximum Gasteiger partial charge on any atom is 0.244 e. The van der Waals surface area contributed by atoms with Crippen LogP contribution in [0.3, 0.4) is 0 Å². The van der Waals surface area contributed by atoms with Gasteiger partial charge >= 0.3 is 0 Å². The molecule has 25 heavy (non-hydrogen) atoms. The Bertz CT molecular complexity index is 540. The zero-order valence-corrected chi connectivity index (χ0v) is 17.3. The normalized spacial score (nSPS) is 17.4. The zero-order valence-electron chi connectivity index (χ0n) is 15.0. The van der Waals surface area contributed by atoms with Crippen molar-refractivity contribution in [1.82, 2.24) is 15.5 Å². The average Bonchev–Trinajstić information content (AvgIpc) is 3.13. The Morgan fingerprint density at radius 1 is 1.36 bits per heavy atom. The molecule has 1 aromatic heterocycles. The number of hydrogen-bond acceptors (Lipinski definition) is 4. The number of carbonyl (C=O) groups is 1. The lowest BCUT2D eigenvalue weighted by atomic mass is 10.0. The highest BCUT2D eigenvalue weighted by Gasteiger charge is 2.26. The van der Waals surface area contributed by atoms with Crippen molar-refractivity contribution in [1.29, 1.82) is 0 Å². The number of aliphatic hydroxyl groups is 1. The standard InChI is InChI=1S/C17H28N4O3.HI/c1-3-18-16(19-12-15(22)21-9-5-4-6-10-21)20-13-17(2,23)14-8-7-11-24-14;/h7-8,11,23H,3-6,9-10,12-13H2,1-2H3,(H2,18,19,20);1H. The van der Waals surface area contributed by atoms with Gasteiger partial charge in [0.25, 0.3) is 0 Å². The summed E-state index contributed by atoms with van der Waals surface area (Å²) in [5, 5.41) is 16.6. The topological polar surface area (TPSA) is 90.1 Å². The van der Waals surface area contributed by atoms with E-state index in [0.717, 1.165) is 25.9 Å². The van der Waals surface area contributed by atoms with E-state index in [-0.39, 0.29) is 43.0 Å². The Labute approximate surface area is 166 Å². The Morgan fingerprint density at radius 3 is 2.68 bits per heavy atom. The number of carbonyl (C=O) groups excluding carboxylic acids is 1. The van der Waals surface area contributed by atoms with Gasteiger partial charge in [0, 0.05) is 19.6 Å². The molecule has 1 aromatic rings. The van der Waals surface area contributed by atoms with Crippen molar-refractivity contribution in [2.75, 3.05) is 32.7 Å². The van der Waals surface area contributed by atoms with E-state index in [2.05, 4.69) is 15.6 Å². The molecule has 0 spiro atoms. The lowest BCUT2D eigenvalue weighted by Crippen LogP contribution is -2.45. The van der Waals surface area contributed by atoms with Crippen molar-refractivity contribution >= 4 is 35.8 Å². The molecule has 3 N–H and O–H groups in total. The van der Waals surface area contributed by atoms with E-state index >= 15 is 0 Å². The third-order valence-corrected chi connectivity index (χ3v) is 4.08. The predicted octanol–water partition coefficient (Wildman–Crippen LogP) is 1.67. The molecule has 142 valence electrons. The fourth-order valence-electron chi connectivity index (χ4n) is 2.66. The molecule has 0 aromatic carbocycles. The van der Waals surface area contributed by atoms with Crippen LogP contribution in [0, 0.1) is 0 Å². The van der Waals surface area contributed by atoms with E-state index < -0.39 is 5.60 Å². The largest absolute Gasteiger partial charge is 0.466 e. The first-order valence-electron chi connectivity index (χ1n) is 8.59. The number of furan rings is 1. The Hall–Kier alpha value is -1.29. The van der Waals surface area contributed by atoms with E-state index in [1.54, 1.807) is 19.1 Å². The molecule has 1 aliphatic heterocycles. The first-order valence-corrected chi connectivity index (χ1v) is 8.59. The number of likely N-dealkylation sites (tertiary alicyclic amines) is 1. The summed E-state index contributed by atoms with van der Waals surface area (Å²) in [6.45, 7) is 6.28. The molecule has 7 nitrogen and oxygen atoms in total. The minimum absolute atomic E-state index is 0. The molecule has 1 saturated heterocycles. The molecule has 1 fully saturated rings. The van der Waals surface area contributed by atoms with Gasteiger partial charge in [-0.25, -0.2) is 4.99 Å². The molecular weight excluding hydrogens is 435 g/mol. The zero-order chi connectivity index (χ0) is 17.4. The lowest BCUT2D eigenvalue weighted by molar-refractivity contribution is -0.130. The smallest absolute Gasteiger partial charge is 0.244 e. The summed E-state index contributed by atoms with van der Waals surface area (Å²) in [5.74, 6) is 1.04. The monoisotopic (exact) mass is 464 g/mol. The summed E-state index contributed by atoms with van der Waals surface area (Å²) in [4.78, 5) is 18.4. The highest BCUT2D eigenvalue weighted by molar-refractivity contribution is 14.0. The second-order valence-corrected chi connectivity index (χ2v) is 6.24. The molecule has 0 radical (unpaired) electrons. The van der Waals surface area contributed by atoms with Gasteiger partial charge in [-0.1, -0.05) is 0 Å². The molecule has 2 rings (SSSR count). The maximum atomic E-state index is 12.2. The van der Waals surface area contributed by atoms with Crippen molar-refractivity contribution in [3.8, 4) is 0 Å². The number of amides is 1. The fourth-order valence-corrected chi connectivity index (χ4v) is 2.66. The number of nitrogens with zero attached hydrogens (tertiary/aromatic N) is 2. The summed E-state index contributed by atoms with van der Waals surface area (Å²) in [5.41, 5.74) is -1.16. The number of piperidine rings is 1. The van der Waals surface area contributed by atoms with Crippen LogP contribution in [0.4, 0.5) is 0 Å². The number of aliphatic imine (C=N–C) groups is 1. The van der Waals surface area contributed by atoms with Crippen LogP contribution in [-0.4, -0.2) is 54.6 Å². The van der Waals surface area contributed by atoms with Gasteiger partial charge in [-0.05, 0) is 45.2 Å². The molecule has 2 heterocycles. The highest BCUT2D eigenvalue weighted by Crippen LogP contribution is 2.19. The van der Waals surface area contributed by atoms with Crippen molar-refractivity contribution in [2.45, 2.75) is 38.7 Å². The first-order chi connectivity index (χ1) is 11.5. The van der Waals surface area contributed by atoms with Crippen molar-refractivity contribution < 1.29 is 14.3 Å². The van der Waals surface area contributed by atoms with E-state index in [0.29, 0.717) is 18.3 Å². The average molecular weight is 464 g/mol.